The fourth-order valence-electron chi connectivity index (χ4n) is 3.66. The van der Waals surface area contributed by atoms with Crippen LogP contribution in [0.1, 0.15) is 44.6 Å². The lowest BCUT2D eigenvalue weighted by Gasteiger charge is -2.12. The monoisotopic (exact) mass is 387 g/mol. The number of hydrogen-bond acceptors (Lipinski definition) is 2. The molecular weight excluding hydrogens is 357 g/mol. The predicted octanol–water partition coefficient (Wildman–Crippen LogP) is 2.85. The van der Waals surface area contributed by atoms with Crippen LogP contribution in [0.25, 0.3) is 10.9 Å². The largest absolute Gasteiger partial charge is 0.361 e. The SMILES string of the molecule is CCNC(=NCCC(=O)NC1CCCC1)NCCc1c[nH]c2cc(F)ccc12. The van der Waals surface area contributed by atoms with Crippen molar-refractivity contribution in [3.63, 3.8) is 0 Å². The molecule has 152 valence electrons. The Balaban J connectivity index is 1.45. The van der Waals surface area contributed by atoms with Crippen LogP contribution in [0, 0.1) is 5.82 Å². The first-order valence-electron chi connectivity index (χ1n) is 10.2. The molecule has 3 rings (SSSR count). The highest BCUT2D eigenvalue weighted by Gasteiger charge is 2.16. The number of halogens is 1. The number of aromatic nitrogens is 1. The van der Waals surface area contributed by atoms with Gasteiger partial charge in [0.15, 0.2) is 5.96 Å². The van der Waals surface area contributed by atoms with Gasteiger partial charge in [0.2, 0.25) is 5.91 Å². The number of carbonyl (C=O) groups is 1. The highest BCUT2D eigenvalue weighted by molar-refractivity contribution is 5.83. The zero-order valence-corrected chi connectivity index (χ0v) is 16.5. The molecule has 7 heteroatoms. The predicted molar refractivity (Wildman–Crippen MR) is 111 cm³/mol. The first-order valence-corrected chi connectivity index (χ1v) is 10.2. The minimum Gasteiger partial charge on any atom is -0.361 e. The van der Waals surface area contributed by atoms with E-state index in [-0.39, 0.29) is 11.7 Å². The average molecular weight is 388 g/mol. The molecule has 0 radical (unpaired) electrons. The lowest BCUT2D eigenvalue weighted by atomic mass is 10.1. The summed E-state index contributed by atoms with van der Waals surface area (Å²) in [6.07, 6.45) is 7.73. The quantitative estimate of drug-likeness (QED) is 0.415. The number of nitrogens with zero attached hydrogens (tertiary/aromatic N) is 1. The molecule has 0 atom stereocenters. The van der Waals surface area contributed by atoms with Gasteiger partial charge in [-0.1, -0.05) is 12.8 Å². The highest BCUT2D eigenvalue weighted by atomic mass is 19.1. The van der Waals surface area contributed by atoms with Gasteiger partial charge in [-0.15, -0.1) is 0 Å². The highest BCUT2D eigenvalue weighted by Crippen LogP contribution is 2.19. The minimum absolute atomic E-state index is 0.0810. The third kappa shape index (κ3) is 5.71. The number of H-pyrrole nitrogens is 1. The molecule has 1 aliphatic carbocycles. The molecule has 1 amide bonds. The Morgan fingerprint density at radius 2 is 2.11 bits per heavy atom. The van der Waals surface area contributed by atoms with Gasteiger partial charge in [-0.05, 0) is 49.9 Å². The fourth-order valence-corrected chi connectivity index (χ4v) is 3.66. The number of carbonyl (C=O) groups excluding carboxylic acids is 1. The van der Waals surface area contributed by atoms with Crippen LogP contribution in [0.2, 0.25) is 0 Å². The van der Waals surface area contributed by atoms with Crippen LogP contribution < -0.4 is 16.0 Å². The van der Waals surface area contributed by atoms with Crippen molar-refractivity contribution in [2.75, 3.05) is 19.6 Å². The van der Waals surface area contributed by atoms with Gasteiger partial charge < -0.3 is 20.9 Å². The van der Waals surface area contributed by atoms with Gasteiger partial charge in [0, 0.05) is 42.7 Å². The van der Waals surface area contributed by atoms with E-state index in [4.69, 9.17) is 0 Å². The molecule has 0 saturated heterocycles. The maximum atomic E-state index is 13.3. The van der Waals surface area contributed by atoms with Crippen LogP contribution in [0.3, 0.4) is 0 Å². The summed E-state index contributed by atoms with van der Waals surface area (Å²) in [6, 6.07) is 5.15. The van der Waals surface area contributed by atoms with Crippen molar-refractivity contribution in [2.45, 2.75) is 51.5 Å². The van der Waals surface area contributed by atoms with Gasteiger partial charge >= 0.3 is 0 Å². The molecule has 1 aliphatic rings. The van der Waals surface area contributed by atoms with E-state index in [9.17, 15) is 9.18 Å². The first kappa shape index (κ1) is 20.2. The second kappa shape index (κ2) is 10.1. The first-order chi connectivity index (χ1) is 13.7. The lowest BCUT2D eigenvalue weighted by molar-refractivity contribution is -0.121. The molecule has 0 spiro atoms. The van der Waals surface area contributed by atoms with E-state index in [1.54, 1.807) is 6.07 Å². The molecule has 1 saturated carbocycles. The summed E-state index contributed by atoms with van der Waals surface area (Å²) < 4.78 is 13.3. The van der Waals surface area contributed by atoms with E-state index in [0.717, 1.165) is 42.3 Å². The summed E-state index contributed by atoms with van der Waals surface area (Å²) in [5.41, 5.74) is 1.94. The van der Waals surface area contributed by atoms with Crippen LogP contribution in [0.4, 0.5) is 4.39 Å². The summed E-state index contributed by atoms with van der Waals surface area (Å²) in [5, 5.41) is 10.6. The van der Waals surface area contributed by atoms with Crippen molar-refractivity contribution in [1.29, 1.82) is 0 Å². The van der Waals surface area contributed by atoms with E-state index in [2.05, 4.69) is 25.9 Å². The number of guanidine groups is 1. The molecule has 1 aromatic heterocycles. The van der Waals surface area contributed by atoms with Crippen LogP contribution >= 0.6 is 0 Å². The van der Waals surface area contributed by atoms with Crippen LogP contribution in [0.5, 0.6) is 0 Å². The topological polar surface area (TPSA) is 81.3 Å². The second-order valence-electron chi connectivity index (χ2n) is 7.24. The number of benzene rings is 1. The normalized spacial score (nSPS) is 15.1. The molecule has 1 fully saturated rings. The molecule has 2 aromatic rings. The zero-order valence-electron chi connectivity index (χ0n) is 16.5. The van der Waals surface area contributed by atoms with Gasteiger partial charge in [0.1, 0.15) is 5.82 Å². The Morgan fingerprint density at radius 3 is 2.89 bits per heavy atom. The van der Waals surface area contributed by atoms with E-state index in [1.165, 1.54) is 25.0 Å². The summed E-state index contributed by atoms with van der Waals surface area (Å²) in [7, 11) is 0. The Bertz CT molecular complexity index is 810. The van der Waals surface area contributed by atoms with E-state index < -0.39 is 0 Å². The van der Waals surface area contributed by atoms with Crippen molar-refractivity contribution in [3.05, 3.63) is 35.8 Å². The number of fused-ring (bicyclic) bond motifs is 1. The van der Waals surface area contributed by atoms with Crippen molar-refractivity contribution >= 4 is 22.8 Å². The molecule has 0 aliphatic heterocycles. The van der Waals surface area contributed by atoms with E-state index >= 15 is 0 Å². The van der Waals surface area contributed by atoms with Crippen molar-refractivity contribution < 1.29 is 9.18 Å². The van der Waals surface area contributed by atoms with Crippen LogP contribution in [0.15, 0.2) is 29.4 Å². The molecule has 0 bridgehead atoms. The number of amides is 1. The van der Waals surface area contributed by atoms with E-state index in [1.807, 2.05) is 13.1 Å². The van der Waals surface area contributed by atoms with Crippen LogP contribution in [-0.4, -0.2) is 42.5 Å². The summed E-state index contributed by atoms with van der Waals surface area (Å²) in [5.74, 6) is 0.553. The Kier molecular flexibility index (Phi) is 7.28. The van der Waals surface area contributed by atoms with Gasteiger partial charge in [-0.25, -0.2) is 4.39 Å². The maximum absolute atomic E-state index is 13.3. The smallest absolute Gasteiger partial charge is 0.222 e. The molecule has 0 unspecified atom stereocenters. The van der Waals surface area contributed by atoms with Crippen LogP contribution in [-0.2, 0) is 11.2 Å². The van der Waals surface area contributed by atoms with Gasteiger partial charge in [0.05, 0.1) is 6.54 Å². The van der Waals surface area contributed by atoms with Crippen molar-refractivity contribution in [3.8, 4) is 0 Å². The fraction of sp³-hybridized carbons (Fsp3) is 0.524. The van der Waals surface area contributed by atoms with Gasteiger partial charge in [-0.2, -0.15) is 0 Å². The second-order valence-corrected chi connectivity index (χ2v) is 7.24. The molecule has 6 nitrogen and oxygen atoms in total. The Labute approximate surface area is 165 Å². The number of hydrogen-bond donors (Lipinski definition) is 4. The van der Waals surface area contributed by atoms with Gasteiger partial charge in [0.25, 0.3) is 0 Å². The third-order valence-corrected chi connectivity index (χ3v) is 5.09. The Morgan fingerprint density at radius 1 is 1.29 bits per heavy atom. The molecule has 1 aromatic carbocycles. The minimum atomic E-state index is -0.238. The summed E-state index contributed by atoms with van der Waals surface area (Å²) in [6.45, 7) is 3.93. The number of nitrogens with one attached hydrogen (secondary N) is 4. The summed E-state index contributed by atoms with van der Waals surface area (Å²) >= 11 is 0. The van der Waals surface area contributed by atoms with Crippen molar-refractivity contribution in [2.24, 2.45) is 4.99 Å². The standard InChI is InChI=1S/C21H30FN5O/c1-2-23-21(25-12-10-20(28)27-17-5-3-4-6-17)24-11-9-15-14-26-19-13-16(22)7-8-18(15)19/h7-8,13-14,17,26H,2-6,9-12H2,1H3,(H,27,28)(H2,23,24,25). The molecule has 28 heavy (non-hydrogen) atoms. The van der Waals surface area contributed by atoms with E-state index in [0.29, 0.717) is 31.5 Å². The molecular formula is C21H30FN5O. The van der Waals surface area contributed by atoms with Gasteiger partial charge in [-0.3, -0.25) is 9.79 Å². The lowest BCUT2D eigenvalue weighted by Crippen LogP contribution is -2.38. The van der Waals surface area contributed by atoms with Crippen molar-refractivity contribution in [1.82, 2.24) is 20.9 Å². The third-order valence-electron chi connectivity index (χ3n) is 5.09. The molecule has 1 heterocycles. The zero-order chi connectivity index (χ0) is 19.8. The Hall–Kier alpha value is -2.57. The number of rotatable bonds is 8. The number of aliphatic imine (C=N–C) groups is 1. The maximum Gasteiger partial charge on any atom is 0.222 e. The number of aromatic amines is 1. The average Bonchev–Trinajstić information content (AvgIpc) is 3.31. The molecule has 4 N–H and O–H groups in total. The summed E-state index contributed by atoms with van der Waals surface area (Å²) in [4.78, 5) is 19.6.